The van der Waals surface area contributed by atoms with Crippen LogP contribution in [0, 0.1) is 6.92 Å². The number of anilines is 2. The monoisotopic (exact) mass is 576 g/mol. The number of methoxy groups -OCH3 is 1. The smallest absolute Gasteiger partial charge is 0.265 e. The van der Waals surface area contributed by atoms with E-state index in [0.717, 1.165) is 0 Å². The van der Waals surface area contributed by atoms with Crippen molar-refractivity contribution in [2.24, 2.45) is 0 Å². The maximum absolute atomic E-state index is 13.5. The van der Waals surface area contributed by atoms with Crippen LogP contribution in [0.15, 0.2) is 88.4 Å². The first-order valence-corrected chi connectivity index (χ1v) is 14.3. The first-order chi connectivity index (χ1) is 19.6. The van der Waals surface area contributed by atoms with Gasteiger partial charge in [-0.1, -0.05) is 24.3 Å². The Morgan fingerprint density at radius 2 is 1.63 bits per heavy atom. The van der Waals surface area contributed by atoms with E-state index >= 15 is 0 Å². The average Bonchev–Trinajstić information content (AvgIpc) is 3.40. The molecule has 0 aliphatic rings. The van der Waals surface area contributed by atoms with Crippen LogP contribution in [0.3, 0.4) is 0 Å². The number of aryl methyl sites for hydroxylation is 1. The van der Waals surface area contributed by atoms with Crippen LogP contribution in [0.4, 0.5) is 11.4 Å². The topological polar surface area (TPSA) is 130 Å². The van der Waals surface area contributed by atoms with Gasteiger partial charge >= 0.3 is 0 Å². The molecule has 4 rings (SSSR count). The Balaban J connectivity index is 1.48. The van der Waals surface area contributed by atoms with Crippen LogP contribution in [0.25, 0.3) is 11.1 Å². The van der Waals surface area contributed by atoms with E-state index < -0.39 is 10.0 Å². The van der Waals surface area contributed by atoms with Gasteiger partial charge in [0.15, 0.2) is 0 Å². The van der Waals surface area contributed by atoms with Crippen LogP contribution in [-0.2, 0) is 10.0 Å². The zero-order valence-corrected chi connectivity index (χ0v) is 24.0. The molecule has 11 heteroatoms. The first kappa shape index (κ1) is 29.2. The van der Waals surface area contributed by atoms with Gasteiger partial charge in [-0.2, -0.15) is 0 Å². The molecule has 10 nitrogen and oxygen atoms in total. The third kappa shape index (κ3) is 7.06. The first-order valence-electron chi connectivity index (χ1n) is 12.8. The Bertz CT molecular complexity index is 1660. The van der Waals surface area contributed by atoms with Crippen molar-refractivity contribution in [3.63, 3.8) is 0 Å². The van der Waals surface area contributed by atoms with Gasteiger partial charge < -0.3 is 24.7 Å². The van der Waals surface area contributed by atoms with Crippen LogP contribution in [0.5, 0.6) is 5.75 Å². The van der Waals surface area contributed by atoms with E-state index in [1.165, 1.54) is 24.3 Å². The molecular weight excluding hydrogens is 544 g/mol. The summed E-state index contributed by atoms with van der Waals surface area (Å²) in [6.45, 7) is 2.49. The molecule has 41 heavy (non-hydrogen) atoms. The third-order valence-corrected chi connectivity index (χ3v) is 7.66. The lowest BCUT2D eigenvalue weighted by atomic mass is 10.0. The number of carbonyl (C=O) groups excluding carboxylic acids is 2. The van der Waals surface area contributed by atoms with Gasteiger partial charge in [-0.3, -0.25) is 14.3 Å². The number of hydrogen-bond acceptors (Lipinski definition) is 7. The standard InChI is InChI=1S/C30H32N4O6S/c1-20-26(13-16-40-20)29(35)32-15-14-31-24-9-6-10-25(19-24)33-41(37,38)28-18-22(11-12-27(28)39-4)21-7-5-8-23(17-21)30(36)34(2)3/h5-13,16-19,31,33H,14-15H2,1-4H3,(H,32,35). The van der Waals surface area contributed by atoms with E-state index in [1.807, 2.05) is 6.07 Å². The summed E-state index contributed by atoms with van der Waals surface area (Å²) in [5, 5.41) is 5.98. The fourth-order valence-electron chi connectivity index (χ4n) is 4.16. The van der Waals surface area contributed by atoms with Gasteiger partial charge in [0.1, 0.15) is 16.4 Å². The van der Waals surface area contributed by atoms with Gasteiger partial charge in [-0.25, -0.2) is 8.42 Å². The van der Waals surface area contributed by atoms with E-state index in [4.69, 9.17) is 9.15 Å². The molecule has 0 bridgehead atoms. The summed E-state index contributed by atoms with van der Waals surface area (Å²) >= 11 is 0. The summed E-state index contributed by atoms with van der Waals surface area (Å²) in [5.74, 6) is 0.343. The Morgan fingerprint density at radius 3 is 2.34 bits per heavy atom. The van der Waals surface area contributed by atoms with Crippen LogP contribution in [0.2, 0.25) is 0 Å². The number of nitrogens with zero attached hydrogens (tertiary/aromatic N) is 1. The molecule has 2 amide bonds. The molecule has 4 aromatic rings. The van der Waals surface area contributed by atoms with Crippen molar-refractivity contribution in [2.75, 3.05) is 44.3 Å². The second-order valence-corrected chi connectivity index (χ2v) is 11.1. The molecule has 0 saturated carbocycles. The third-order valence-electron chi connectivity index (χ3n) is 6.26. The number of nitrogens with one attached hydrogen (secondary N) is 3. The number of ether oxygens (including phenoxy) is 1. The van der Waals surface area contributed by atoms with Gasteiger partial charge in [0.25, 0.3) is 21.8 Å². The summed E-state index contributed by atoms with van der Waals surface area (Å²) in [4.78, 5) is 26.1. The maximum atomic E-state index is 13.5. The largest absolute Gasteiger partial charge is 0.495 e. The van der Waals surface area contributed by atoms with Crippen molar-refractivity contribution < 1.29 is 27.2 Å². The number of amides is 2. The van der Waals surface area contributed by atoms with Gasteiger partial charge in [0, 0.05) is 38.4 Å². The summed E-state index contributed by atoms with van der Waals surface area (Å²) in [6, 6.07) is 20.3. The lowest BCUT2D eigenvalue weighted by Crippen LogP contribution is -2.28. The van der Waals surface area contributed by atoms with Gasteiger partial charge in [0.2, 0.25) is 0 Å². The normalized spacial score (nSPS) is 11.0. The fraction of sp³-hybridized carbons (Fsp3) is 0.200. The highest BCUT2D eigenvalue weighted by molar-refractivity contribution is 7.92. The van der Waals surface area contributed by atoms with E-state index in [-0.39, 0.29) is 22.5 Å². The number of rotatable bonds is 11. The number of carbonyl (C=O) groups is 2. The van der Waals surface area contributed by atoms with E-state index in [2.05, 4.69) is 15.4 Å². The molecule has 0 saturated heterocycles. The molecule has 0 aliphatic carbocycles. The molecule has 0 fully saturated rings. The second-order valence-electron chi connectivity index (χ2n) is 9.41. The van der Waals surface area contributed by atoms with Gasteiger partial charge in [-0.05, 0) is 66.6 Å². The lowest BCUT2D eigenvalue weighted by Gasteiger charge is -2.15. The quantitative estimate of drug-likeness (QED) is 0.222. The molecule has 1 aromatic heterocycles. The molecule has 0 aliphatic heterocycles. The number of sulfonamides is 1. The predicted octanol–water partition coefficient (Wildman–Crippen LogP) is 4.61. The predicted molar refractivity (Wildman–Crippen MR) is 158 cm³/mol. The molecular formula is C30H32N4O6S. The van der Waals surface area contributed by atoms with Crippen LogP contribution >= 0.6 is 0 Å². The number of hydrogen-bond donors (Lipinski definition) is 3. The molecule has 214 valence electrons. The highest BCUT2D eigenvalue weighted by Gasteiger charge is 2.21. The molecule has 0 spiro atoms. The van der Waals surface area contributed by atoms with Crippen molar-refractivity contribution in [3.05, 3.63) is 95.9 Å². The molecule has 3 aromatic carbocycles. The Labute approximate surface area is 239 Å². The molecule has 0 radical (unpaired) electrons. The zero-order chi connectivity index (χ0) is 29.6. The number of benzene rings is 3. The molecule has 0 unspecified atom stereocenters. The zero-order valence-electron chi connectivity index (χ0n) is 23.2. The maximum Gasteiger partial charge on any atom is 0.265 e. The molecule has 1 heterocycles. The van der Waals surface area contributed by atoms with Gasteiger partial charge in [0.05, 0.1) is 24.6 Å². The Hall–Kier alpha value is -4.77. The number of furan rings is 1. The highest BCUT2D eigenvalue weighted by atomic mass is 32.2. The molecule has 3 N–H and O–H groups in total. The lowest BCUT2D eigenvalue weighted by molar-refractivity contribution is 0.0827. The van der Waals surface area contributed by atoms with E-state index in [0.29, 0.717) is 52.5 Å². The van der Waals surface area contributed by atoms with Crippen LogP contribution in [-0.4, -0.2) is 59.4 Å². The van der Waals surface area contributed by atoms with E-state index in [1.54, 1.807) is 81.7 Å². The molecule has 0 atom stereocenters. The van der Waals surface area contributed by atoms with Crippen LogP contribution in [0.1, 0.15) is 26.5 Å². The van der Waals surface area contributed by atoms with E-state index in [9.17, 15) is 18.0 Å². The summed E-state index contributed by atoms with van der Waals surface area (Å²) in [7, 11) is 0.694. The van der Waals surface area contributed by atoms with Crippen molar-refractivity contribution in [3.8, 4) is 16.9 Å². The minimum atomic E-state index is -4.05. The second kappa shape index (κ2) is 12.6. The fourth-order valence-corrected chi connectivity index (χ4v) is 5.40. The van der Waals surface area contributed by atoms with Crippen molar-refractivity contribution >= 4 is 33.2 Å². The minimum Gasteiger partial charge on any atom is -0.495 e. The Kier molecular flexibility index (Phi) is 8.98. The minimum absolute atomic E-state index is 0.0440. The average molecular weight is 577 g/mol. The summed E-state index contributed by atoms with van der Waals surface area (Å²) < 4.78 is 40.1. The Morgan fingerprint density at radius 1 is 0.902 bits per heavy atom. The summed E-state index contributed by atoms with van der Waals surface area (Å²) in [6.07, 6.45) is 1.47. The van der Waals surface area contributed by atoms with Crippen molar-refractivity contribution in [1.82, 2.24) is 10.2 Å². The van der Waals surface area contributed by atoms with Crippen molar-refractivity contribution in [1.29, 1.82) is 0 Å². The van der Waals surface area contributed by atoms with Crippen molar-refractivity contribution in [2.45, 2.75) is 11.8 Å². The summed E-state index contributed by atoms with van der Waals surface area (Å²) in [5.41, 5.74) is 3.30. The SMILES string of the molecule is COc1ccc(-c2cccc(C(=O)N(C)C)c2)cc1S(=O)(=O)Nc1cccc(NCCNC(=O)c2ccoc2C)c1. The van der Waals surface area contributed by atoms with Gasteiger partial charge in [-0.15, -0.1) is 0 Å². The highest BCUT2D eigenvalue weighted by Crippen LogP contribution is 2.32. The van der Waals surface area contributed by atoms with Crippen LogP contribution < -0.4 is 20.1 Å².